The Morgan fingerprint density at radius 3 is 2.67 bits per heavy atom. The summed E-state index contributed by atoms with van der Waals surface area (Å²) in [5, 5.41) is 6.49. The van der Waals surface area contributed by atoms with Crippen LogP contribution in [0.3, 0.4) is 0 Å². The van der Waals surface area contributed by atoms with Gasteiger partial charge in [-0.3, -0.25) is 4.79 Å². The number of rotatable bonds is 6. The zero-order valence-electron chi connectivity index (χ0n) is 11.5. The molecule has 2 aliphatic rings. The maximum atomic E-state index is 11.8. The lowest BCUT2D eigenvalue weighted by atomic mass is 9.75. The number of amides is 1. The van der Waals surface area contributed by atoms with Gasteiger partial charge < -0.3 is 15.4 Å². The van der Waals surface area contributed by atoms with Gasteiger partial charge in [0.05, 0.1) is 12.7 Å². The van der Waals surface area contributed by atoms with Crippen molar-refractivity contribution in [3.05, 3.63) is 0 Å². The molecule has 1 aliphatic carbocycles. The number of carbonyl (C=O) groups excluding carboxylic acids is 1. The van der Waals surface area contributed by atoms with E-state index in [1.165, 1.54) is 6.42 Å². The Morgan fingerprint density at radius 1 is 1.39 bits per heavy atom. The van der Waals surface area contributed by atoms with E-state index in [9.17, 15) is 4.79 Å². The zero-order chi connectivity index (χ0) is 12.8. The van der Waals surface area contributed by atoms with Crippen LogP contribution >= 0.6 is 0 Å². The highest BCUT2D eigenvalue weighted by molar-refractivity contribution is 5.77. The number of hydrogen-bond donors (Lipinski definition) is 2. The van der Waals surface area contributed by atoms with Crippen molar-refractivity contribution in [3.8, 4) is 0 Å². The first-order chi connectivity index (χ1) is 8.74. The summed E-state index contributed by atoms with van der Waals surface area (Å²) in [4.78, 5) is 11.8. The Hall–Kier alpha value is -0.610. The van der Waals surface area contributed by atoms with Crippen LogP contribution in [0.1, 0.15) is 51.9 Å². The summed E-state index contributed by atoms with van der Waals surface area (Å²) in [6.45, 7) is 4.80. The summed E-state index contributed by atoms with van der Waals surface area (Å²) >= 11 is 0. The van der Waals surface area contributed by atoms with E-state index in [4.69, 9.17) is 4.74 Å². The first-order valence-electron chi connectivity index (χ1n) is 7.37. The van der Waals surface area contributed by atoms with Crippen molar-refractivity contribution in [1.29, 1.82) is 0 Å². The summed E-state index contributed by atoms with van der Waals surface area (Å²) in [6, 6.07) is 0. The second kappa shape index (κ2) is 6.53. The van der Waals surface area contributed by atoms with Crippen molar-refractivity contribution in [2.75, 3.05) is 19.7 Å². The summed E-state index contributed by atoms with van der Waals surface area (Å²) in [7, 11) is 0. The summed E-state index contributed by atoms with van der Waals surface area (Å²) < 4.78 is 5.75. The summed E-state index contributed by atoms with van der Waals surface area (Å²) in [6.07, 6.45) is 7.58. The van der Waals surface area contributed by atoms with Gasteiger partial charge in [-0.15, -0.1) is 0 Å². The molecule has 0 radical (unpaired) electrons. The minimum absolute atomic E-state index is 0.117. The molecule has 4 heteroatoms. The largest absolute Gasteiger partial charge is 0.378 e. The molecular formula is C14H26N2O2. The fourth-order valence-corrected chi connectivity index (χ4v) is 2.81. The first kappa shape index (κ1) is 13.8. The average molecular weight is 254 g/mol. The third-order valence-corrected chi connectivity index (χ3v) is 4.36. The monoisotopic (exact) mass is 254 g/mol. The van der Waals surface area contributed by atoms with Crippen molar-refractivity contribution in [1.82, 2.24) is 10.6 Å². The maximum Gasteiger partial charge on any atom is 0.222 e. The van der Waals surface area contributed by atoms with Crippen molar-refractivity contribution >= 4 is 5.91 Å². The molecule has 0 atom stereocenters. The molecule has 2 rings (SSSR count). The van der Waals surface area contributed by atoms with Crippen LogP contribution in [-0.4, -0.2) is 37.2 Å². The van der Waals surface area contributed by atoms with E-state index in [2.05, 4.69) is 17.6 Å². The van der Waals surface area contributed by atoms with Gasteiger partial charge in [0.25, 0.3) is 0 Å². The molecule has 1 saturated heterocycles. The highest BCUT2D eigenvalue weighted by Crippen LogP contribution is 2.34. The molecule has 1 heterocycles. The molecule has 0 bridgehead atoms. The third kappa shape index (κ3) is 3.69. The highest BCUT2D eigenvalue weighted by Gasteiger charge is 2.36. The van der Waals surface area contributed by atoms with Crippen LogP contribution in [0.5, 0.6) is 0 Å². The lowest BCUT2D eigenvalue weighted by molar-refractivity contribution is -0.125. The van der Waals surface area contributed by atoms with Crippen LogP contribution < -0.4 is 10.6 Å². The normalized spacial score (nSPS) is 23.4. The summed E-state index contributed by atoms with van der Waals surface area (Å²) in [5.41, 5.74) is 0.117. The number of carbonyl (C=O) groups is 1. The number of nitrogens with one attached hydrogen (secondary N) is 2. The van der Waals surface area contributed by atoms with Crippen molar-refractivity contribution in [3.63, 3.8) is 0 Å². The van der Waals surface area contributed by atoms with Gasteiger partial charge in [-0.1, -0.05) is 6.92 Å². The Bertz CT molecular complexity index is 265. The fraction of sp³-hybridized carbons (Fsp3) is 0.929. The Morgan fingerprint density at radius 2 is 2.11 bits per heavy atom. The molecule has 2 fully saturated rings. The van der Waals surface area contributed by atoms with Gasteiger partial charge in [0.2, 0.25) is 5.91 Å². The predicted molar refractivity (Wildman–Crippen MR) is 71.5 cm³/mol. The van der Waals surface area contributed by atoms with E-state index in [1.54, 1.807) is 0 Å². The minimum atomic E-state index is 0.117. The van der Waals surface area contributed by atoms with Crippen molar-refractivity contribution < 1.29 is 9.53 Å². The van der Waals surface area contributed by atoms with Crippen LogP contribution in [0, 0.1) is 0 Å². The van der Waals surface area contributed by atoms with Gasteiger partial charge in [-0.05, 0) is 51.6 Å². The zero-order valence-corrected chi connectivity index (χ0v) is 11.5. The molecule has 4 nitrogen and oxygen atoms in total. The smallest absolute Gasteiger partial charge is 0.222 e. The summed E-state index contributed by atoms with van der Waals surface area (Å²) in [5.74, 6) is 0.158. The van der Waals surface area contributed by atoms with Gasteiger partial charge in [-0.2, -0.15) is 0 Å². The Balaban J connectivity index is 1.59. The van der Waals surface area contributed by atoms with Crippen molar-refractivity contribution in [2.24, 2.45) is 0 Å². The molecule has 0 unspecified atom stereocenters. The number of ether oxygens (including phenoxy) is 1. The Kier molecular flexibility index (Phi) is 5.01. The third-order valence-electron chi connectivity index (χ3n) is 4.36. The molecule has 18 heavy (non-hydrogen) atoms. The molecule has 0 spiro atoms. The number of piperidine rings is 1. The molecule has 0 aromatic heterocycles. The molecule has 1 aliphatic heterocycles. The average Bonchev–Trinajstić information content (AvgIpc) is 2.35. The van der Waals surface area contributed by atoms with Crippen LogP contribution in [0.4, 0.5) is 0 Å². The fourth-order valence-electron chi connectivity index (χ4n) is 2.81. The van der Waals surface area contributed by atoms with Crippen LogP contribution in [0.25, 0.3) is 0 Å². The van der Waals surface area contributed by atoms with Gasteiger partial charge in [0.1, 0.15) is 0 Å². The van der Waals surface area contributed by atoms with Gasteiger partial charge in [0, 0.05) is 12.0 Å². The van der Waals surface area contributed by atoms with Crippen LogP contribution in [0.2, 0.25) is 0 Å². The van der Waals surface area contributed by atoms with E-state index in [1.807, 2.05) is 0 Å². The van der Waals surface area contributed by atoms with Crippen molar-refractivity contribution in [2.45, 2.75) is 63.5 Å². The molecule has 104 valence electrons. The first-order valence-corrected chi connectivity index (χ1v) is 7.37. The van der Waals surface area contributed by atoms with E-state index >= 15 is 0 Å². The topological polar surface area (TPSA) is 50.4 Å². The highest BCUT2D eigenvalue weighted by atomic mass is 16.5. The molecule has 0 aromatic carbocycles. The molecule has 0 aromatic rings. The van der Waals surface area contributed by atoms with Crippen LogP contribution in [0.15, 0.2) is 0 Å². The number of hydrogen-bond acceptors (Lipinski definition) is 3. The molecule has 2 N–H and O–H groups in total. The standard InChI is InChI=1S/C14H26N2O2/c1-2-14(7-3-8-14)16-13(17)6-11-18-12-4-9-15-10-5-12/h12,15H,2-11H2,1H3,(H,16,17). The lowest BCUT2D eigenvalue weighted by Crippen LogP contribution is -2.53. The van der Waals surface area contributed by atoms with Gasteiger partial charge >= 0.3 is 0 Å². The Labute approximate surface area is 110 Å². The van der Waals surface area contributed by atoms with Gasteiger partial charge in [0.15, 0.2) is 0 Å². The second-order valence-electron chi connectivity index (χ2n) is 5.61. The van der Waals surface area contributed by atoms with Gasteiger partial charge in [-0.25, -0.2) is 0 Å². The quantitative estimate of drug-likeness (QED) is 0.757. The predicted octanol–water partition coefficient (Wildman–Crippen LogP) is 1.59. The lowest BCUT2D eigenvalue weighted by Gasteiger charge is -2.42. The second-order valence-corrected chi connectivity index (χ2v) is 5.61. The van der Waals surface area contributed by atoms with E-state index in [-0.39, 0.29) is 11.4 Å². The van der Waals surface area contributed by atoms with Crippen LogP contribution in [-0.2, 0) is 9.53 Å². The molecular weight excluding hydrogens is 228 g/mol. The van der Waals surface area contributed by atoms with E-state index < -0.39 is 0 Å². The molecule has 1 amide bonds. The van der Waals surface area contributed by atoms with E-state index in [0.29, 0.717) is 19.1 Å². The molecule has 1 saturated carbocycles. The van der Waals surface area contributed by atoms with E-state index in [0.717, 1.165) is 45.2 Å². The SMILES string of the molecule is CCC1(NC(=O)CCOC2CCNCC2)CCC1. The maximum absolute atomic E-state index is 11.8. The minimum Gasteiger partial charge on any atom is -0.378 e.